The van der Waals surface area contributed by atoms with Crippen molar-refractivity contribution in [1.82, 2.24) is 5.32 Å². The third kappa shape index (κ3) is 7.34. The SMILES string of the molecule is Cc1ccc(Cl)cc1N(Cc1ccc(C(=O)Nc2ccccc2C(=O)NCC(C)C)cc1)S(=O)(=O)c1ccccc1. The molecule has 0 saturated heterocycles. The Morgan fingerprint density at radius 3 is 2.20 bits per heavy atom. The average molecular weight is 590 g/mol. The topological polar surface area (TPSA) is 95.6 Å². The molecule has 0 spiro atoms. The van der Waals surface area contributed by atoms with Gasteiger partial charge in [-0.3, -0.25) is 13.9 Å². The van der Waals surface area contributed by atoms with Gasteiger partial charge >= 0.3 is 0 Å². The fourth-order valence-corrected chi connectivity index (χ4v) is 5.87. The number of carbonyl (C=O) groups is 2. The number of nitrogens with one attached hydrogen (secondary N) is 2. The second-order valence-corrected chi connectivity index (χ2v) is 12.4. The number of halogens is 1. The van der Waals surface area contributed by atoms with Gasteiger partial charge in [0.05, 0.1) is 28.4 Å². The first kappa shape index (κ1) is 29.8. The van der Waals surface area contributed by atoms with Crippen molar-refractivity contribution in [3.8, 4) is 0 Å². The van der Waals surface area contributed by atoms with Crippen LogP contribution in [-0.4, -0.2) is 26.8 Å². The summed E-state index contributed by atoms with van der Waals surface area (Å²) in [5, 5.41) is 6.11. The van der Waals surface area contributed by atoms with Gasteiger partial charge in [0.25, 0.3) is 21.8 Å². The van der Waals surface area contributed by atoms with Crippen LogP contribution in [-0.2, 0) is 16.6 Å². The van der Waals surface area contributed by atoms with E-state index in [-0.39, 0.29) is 23.3 Å². The van der Waals surface area contributed by atoms with E-state index < -0.39 is 10.0 Å². The highest BCUT2D eigenvalue weighted by Gasteiger charge is 2.26. The minimum absolute atomic E-state index is 0.0269. The van der Waals surface area contributed by atoms with Crippen LogP contribution in [0.3, 0.4) is 0 Å². The maximum Gasteiger partial charge on any atom is 0.264 e. The molecule has 0 fully saturated rings. The zero-order valence-corrected chi connectivity index (χ0v) is 24.7. The summed E-state index contributed by atoms with van der Waals surface area (Å²) in [6.45, 7) is 6.38. The van der Waals surface area contributed by atoms with E-state index >= 15 is 0 Å². The van der Waals surface area contributed by atoms with E-state index in [0.717, 1.165) is 5.56 Å². The van der Waals surface area contributed by atoms with Crippen molar-refractivity contribution in [3.05, 3.63) is 124 Å². The Balaban J connectivity index is 1.58. The molecule has 9 heteroatoms. The Hall–Kier alpha value is -4.14. The second kappa shape index (κ2) is 13.0. The van der Waals surface area contributed by atoms with Crippen LogP contribution in [0.25, 0.3) is 0 Å². The van der Waals surface area contributed by atoms with E-state index in [1.54, 1.807) is 97.1 Å². The Morgan fingerprint density at radius 2 is 1.51 bits per heavy atom. The molecule has 4 aromatic carbocycles. The van der Waals surface area contributed by atoms with Crippen LogP contribution in [0.5, 0.6) is 0 Å². The molecule has 2 amide bonds. The van der Waals surface area contributed by atoms with Gasteiger partial charge in [-0.1, -0.05) is 74.0 Å². The summed E-state index contributed by atoms with van der Waals surface area (Å²) < 4.78 is 28.8. The van der Waals surface area contributed by atoms with Gasteiger partial charge in [-0.25, -0.2) is 8.42 Å². The number of anilines is 2. The molecule has 0 unspecified atom stereocenters. The van der Waals surface area contributed by atoms with E-state index in [4.69, 9.17) is 11.6 Å². The molecule has 0 aromatic heterocycles. The monoisotopic (exact) mass is 589 g/mol. The number of hydrogen-bond donors (Lipinski definition) is 2. The summed E-state index contributed by atoms with van der Waals surface area (Å²) >= 11 is 6.25. The first-order valence-corrected chi connectivity index (χ1v) is 15.0. The summed E-state index contributed by atoms with van der Waals surface area (Å²) in [5.41, 5.74) is 3.03. The molecule has 212 valence electrons. The number of aryl methyl sites for hydroxylation is 1. The summed E-state index contributed by atoms with van der Waals surface area (Å²) in [4.78, 5) is 25.9. The number of sulfonamides is 1. The fourth-order valence-electron chi connectivity index (χ4n) is 4.17. The molecular weight excluding hydrogens is 558 g/mol. The highest BCUT2D eigenvalue weighted by atomic mass is 35.5. The van der Waals surface area contributed by atoms with E-state index in [1.165, 1.54) is 4.31 Å². The van der Waals surface area contributed by atoms with Gasteiger partial charge in [0.2, 0.25) is 0 Å². The summed E-state index contributed by atoms with van der Waals surface area (Å²) in [6.07, 6.45) is 0. The molecule has 0 saturated carbocycles. The zero-order valence-electron chi connectivity index (χ0n) is 23.1. The normalized spacial score (nSPS) is 11.2. The van der Waals surface area contributed by atoms with Crippen LogP contribution in [0.1, 0.15) is 45.7 Å². The average Bonchev–Trinajstić information content (AvgIpc) is 2.97. The van der Waals surface area contributed by atoms with Crippen molar-refractivity contribution in [2.45, 2.75) is 32.2 Å². The molecule has 7 nitrogen and oxygen atoms in total. The summed E-state index contributed by atoms with van der Waals surface area (Å²) in [7, 11) is -3.92. The number of rotatable bonds is 10. The van der Waals surface area contributed by atoms with Gasteiger partial charge in [-0.15, -0.1) is 0 Å². The maximum absolute atomic E-state index is 13.7. The van der Waals surface area contributed by atoms with E-state index in [0.29, 0.717) is 45.6 Å². The highest BCUT2D eigenvalue weighted by molar-refractivity contribution is 7.92. The van der Waals surface area contributed by atoms with Crippen LogP contribution in [0, 0.1) is 12.8 Å². The smallest absolute Gasteiger partial charge is 0.264 e. The van der Waals surface area contributed by atoms with Gasteiger partial charge in [-0.2, -0.15) is 0 Å². The van der Waals surface area contributed by atoms with Crippen LogP contribution in [0.15, 0.2) is 102 Å². The molecule has 0 bridgehead atoms. The quantitative estimate of drug-likeness (QED) is 0.216. The van der Waals surface area contributed by atoms with Gasteiger partial charge < -0.3 is 10.6 Å². The van der Waals surface area contributed by atoms with Crippen LogP contribution < -0.4 is 14.9 Å². The lowest BCUT2D eigenvalue weighted by Gasteiger charge is -2.26. The van der Waals surface area contributed by atoms with Gasteiger partial charge in [0.15, 0.2) is 0 Å². The zero-order chi connectivity index (χ0) is 29.6. The van der Waals surface area contributed by atoms with Crippen LogP contribution in [0.4, 0.5) is 11.4 Å². The van der Waals surface area contributed by atoms with Crippen LogP contribution in [0.2, 0.25) is 5.02 Å². The van der Waals surface area contributed by atoms with Gasteiger partial charge in [-0.05, 0) is 72.5 Å². The number of carbonyl (C=O) groups excluding carboxylic acids is 2. The first-order valence-electron chi connectivity index (χ1n) is 13.2. The minimum atomic E-state index is -3.92. The third-order valence-electron chi connectivity index (χ3n) is 6.40. The van der Waals surface area contributed by atoms with Crippen molar-refractivity contribution in [2.24, 2.45) is 5.92 Å². The molecule has 0 aliphatic carbocycles. The first-order chi connectivity index (χ1) is 19.6. The predicted octanol–water partition coefficient (Wildman–Crippen LogP) is 6.68. The van der Waals surface area contributed by atoms with Crippen molar-refractivity contribution in [1.29, 1.82) is 0 Å². The largest absolute Gasteiger partial charge is 0.352 e. The summed E-state index contributed by atoms with van der Waals surface area (Å²) in [6, 6.07) is 26.8. The standard InChI is InChI=1S/C32H32ClN3O4S/c1-22(2)20-34-32(38)28-11-7-8-12-29(28)35-31(37)25-16-14-24(15-17-25)21-36(30-19-26(33)18-13-23(30)3)41(39,40)27-9-5-4-6-10-27/h4-19,22H,20-21H2,1-3H3,(H,34,38)(H,35,37). The lowest BCUT2D eigenvalue weighted by Crippen LogP contribution is -2.31. The number of hydrogen-bond acceptors (Lipinski definition) is 4. The Morgan fingerprint density at radius 1 is 0.854 bits per heavy atom. The second-order valence-electron chi connectivity index (χ2n) is 10.1. The Kier molecular flexibility index (Phi) is 9.47. The number of para-hydroxylation sites is 1. The number of nitrogens with zero attached hydrogens (tertiary/aromatic N) is 1. The maximum atomic E-state index is 13.7. The van der Waals surface area contributed by atoms with E-state index in [9.17, 15) is 18.0 Å². The Bertz CT molecular complexity index is 1640. The molecule has 0 heterocycles. The molecule has 2 N–H and O–H groups in total. The predicted molar refractivity (Wildman–Crippen MR) is 164 cm³/mol. The fraction of sp³-hybridized carbons (Fsp3) is 0.188. The molecule has 41 heavy (non-hydrogen) atoms. The molecule has 4 aromatic rings. The van der Waals surface area contributed by atoms with Gasteiger partial charge in [0, 0.05) is 17.1 Å². The Labute approximate surface area is 246 Å². The van der Waals surface area contributed by atoms with Gasteiger partial charge in [0.1, 0.15) is 0 Å². The molecular formula is C32H32ClN3O4S. The molecule has 0 aliphatic heterocycles. The van der Waals surface area contributed by atoms with Crippen molar-refractivity contribution in [2.75, 3.05) is 16.2 Å². The molecule has 0 aliphatic rings. The molecule has 0 radical (unpaired) electrons. The van der Waals surface area contributed by atoms with E-state index in [2.05, 4.69) is 10.6 Å². The lowest BCUT2D eigenvalue weighted by molar-refractivity contribution is 0.0950. The lowest BCUT2D eigenvalue weighted by atomic mass is 10.1. The highest BCUT2D eigenvalue weighted by Crippen LogP contribution is 2.31. The summed E-state index contributed by atoms with van der Waals surface area (Å²) in [5.74, 6) is -0.360. The number of amides is 2. The van der Waals surface area contributed by atoms with E-state index in [1.807, 2.05) is 20.8 Å². The molecule has 4 rings (SSSR count). The number of benzene rings is 4. The van der Waals surface area contributed by atoms with Crippen molar-refractivity contribution >= 4 is 44.8 Å². The van der Waals surface area contributed by atoms with Crippen LogP contribution >= 0.6 is 11.6 Å². The molecule has 0 atom stereocenters. The third-order valence-corrected chi connectivity index (χ3v) is 8.41. The minimum Gasteiger partial charge on any atom is -0.352 e. The van der Waals surface area contributed by atoms with Crippen molar-refractivity contribution < 1.29 is 18.0 Å². The van der Waals surface area contributed by atoms with Crippen molar-refractivity contribution in [3.63, 3.8) is 0 Å².